The van der Waals surface area contributed by atoms with E-state index in [0.717, 1.165) is 35.4 Å². The molecule has 112 valence electrons. The van der Waals surface area contributed by atoms with Gasteiger partial charge in [-0.3, -0.25) is 0 Å². The van der Waals surface area contributed by atoms with Crippen LogP contribution in [0.25, 0.3) is 0 Å². The molecule has 0 spiro atoms. The van der Waals surface area contributed by atoms with Gasteiger partial charge in [0.05, 0.1) is 4.47 Å². The molecule has 1 atom stereocenters. The lowest BCUT2D eigenvalue weighted by Crippen LogP contribution is -2.17. The number of hydrogen-bond acceptors (Lipinski definition) is 5. The Bertz CT molecular complexity index is 623. The van der Waals surface area contributed by atoms with E-state index in [2.05, 4.69) is 26.1 Å². The van der Waals surface area contributed by atoms with Crippen molar-refractivity contribution in [2.24, 2.45) is 5.73 Å². The van der Waals surface area contributed by atoms with Crippen LogP contribution in [-0.2, 0) is 13.0 Å². The molecule has 5 nitrogen and oxygen atoms in total. The summed E-state index contributed by atoms with van der Waals surface area (Å²) in [5.41, 5.74) is 6.99. The number of hydrogen-bond donors (Lipinski definition) is 1. The third-order valence-electron chi connectivity index (χ3n) is 3.32. The first-order valence-electron chi connectivity index (χ1n) is 7.11. The molecule has 0 amide bonds. The van der Waals surface area contributed by atoms with Crippen LogP contribution in [0.3, 0.4) is 0 Å². The molecular weight excluding hydrogens is 334 g/mol. The van der Waals surface area contributed by atoms with Crippen molar-refractivity contribution < 1.29 is 9.26 Å². The van der Waals surface area contributed by atoms with Gasteiger partial charge in [-0.25, -0.2) is 0 Å². The van der Waals surface area contributed by atoms with Crippen molar-refractivity contribution in [1.82, 2.24) is 10.1 Å². The first-order chi connectivity index (χ1) is 10.1. The molecule has 1 aromatic carbocycles. The minimum absolute atomic E-state index is 0.142. The lowest BCUT2D eigenvalue weighted by atomic mass is 10.1. The third kappa shape index (κ3) is 3.83. The number of rotatable bonds is 6. The SMILES string of the molecule is CC(N)Cc1ccc(OCc2noc(C3CC3)n2)c(Br)c1. The van der Waals surface area contributed by atoms with E-state index in [1.165, 1.54) is 5.56 Å². The van der Waals surface area contributed by atoms with Crippen molar-refractivity contribution in [1.29, 1.82) is 0 Å². The van der Waals surface area contributed by atoms with Gasteiger partial charge >= 0.3 is 0 Å². The molecule has 1 unspecified atom stereocenters. The highest BCUT2D eigenvalue weighted by molar-refractivity contribution is 9.10. The van der Waals surface area contributed by atoms with Crippen LogP contribution in [0.5, 0.6) is 5.75 Å². The van der Waals surface area contributed by atoms with E-state index in [0.29, 0.717) is 18.3 Å². The second kappa shape index (κ2) is 6.15. The predicted molar refractivity (Wildman–Crippen MR) is 82.1 cm³/mol. The van der Waals surface area contributed by atoms with Gasteiger partial charge in [0.2, 0.25) is 11.7 Å². The van der Waals surface area contributed by atoms with Crippen LogP contribution in [0.2, 0.25) is 0 Å². The molecule has 21 heavy (non-hydrogen) atoms. The molecule has 6 heteroatoms. The zero-order valence-electron chi connectivity index (χ0n) is 11.9. The number of ether oxygens (including phenoxy) is 1. The molecule has 1 fully saturated rings. The topological polar surface area (TPSA) is 74.2 Å². The summed E-state index contributed by atoms with van der Waals surface area (Å²) in [6.07, 6.45) is 3.14. The third-order valence-corrected chi connectivity index (χ3v) is 3.94. The maximum atomic E-state index is 5.81. The van der Waals surface area contributed by atoms with Gasteiger partial charge in [0.1, 0.15) is 5.75 Å². The Balaban J connectivity index is 1.61. The van der Waals surface area contributed by atoms with Crippen molar-refractivity contribution in [3.63, 3.8) is 0 Å². The summed E-state index contributed by atoms with van der Waals surface area (Å²) in [5.74, 6) is 2.56. The van der Waals surface area contributed by atoms with Gasteiger partial charge in [-0.05, 0) is 59.8 Å². The molecular formula is C15H18BrN3O2. The summed E-state index contributed by atoms with van der Waals surface area (Å²) in [6, 6.07) is 6.13. The maximum absolute atomic E-state index is 5.81. The molecule has 2 aromatic rings. The Morgan fingerprint density at radius 3 is 2.95 bits per heavy atom. The van der Waals surface area contributed by atoms with Crippen molar-refractivity contribution in [2.75, 3.05) is 0 Å². The number of aromatic nitrogens is 2. The number of halogens is 1. The van der Waals surface area contributed by atoms with Gasteiger partial charge in [0, 0.05) is 12.0 Å². The quantitative estimate of drug-likeness (QED) is 0.864. The molecule has 0 radical (unpaired) electrons. The van der Waals surface area contributed by atoms with E-state index in [4.69, 9.17) is 15.0 Å². The first-order valence-corrected chi connectivity index (χ1v) is 7.90. The highest BCUT2D eigenvalue weighted by Gasteiger charge is 2.29. The molecule has 3 rings (SSSR count). The summed E-state index contributed by atoms with van der Waals surface area (Å²) in [6.45, 7) is 2.30. The van der Waals surface area contributed by atoms with Gasteiger partial charge in [0.15, 0.2) is 6.61 Å². The Labute approximate surface area is 132 Å². The second-order valence-electron chi connectivity index (χ2n) is 5.56. The molecule has 1 heterocycles. The Hall–Kier alpha value is -1.40. The molecule has 0 aliphatic heterocycles. The van der Waals surface area contributed by atoms with Gasteiger partial charge in [0.25, 0.3) is 0 Å². The molecule has 0 saturated heterocycles. The number of nitrogens with zero attached hydrogens (tertiary/aromatic N) is 2. The number of nitrogens with two attached hydrogens (primary N) is 1. The minimum Gasteiger partial charge on any atom is -0.484 e. The monoisotopic (exact) mass is 351 g/mol. The highest BCUT2D eigenvalue weighted by atomic mass is 79.9. The van der Waals surface area contributed by atoms with E-state index in [1.54, 1.807) is 0 Å². The van der Waals surface area contributed by atoms with Crippen molar-refractivity contribution >= 4 is 15.9 Å². The Morgan fingerprint density at radius 1 is 1.48 bits per heavy atom. The summed E-state index contributed by atoms with van der Waals surface area (Å²) < 4.78 is 11.8. The maximum Gasteiger partial charge on any atom is 0.229 e. The highest BCUT2D eigenvalue weighted by Crippen LogP contribution is 2.38. The van der Waals surface area contributed by atoms with E-state index in [1.807, 2.05) is 25.1 Å². The molecule has 1 aliphatic rings. The van der Waals surface area contributed by atoms with Gasteiger partial charge in [-0.1, -0.05) is 11.2 Å². The van der Waals surface area contributed by atoms with Crippen LogP contribution in [0.15, 0.2) is 27.2 Å². The normalized spacial score (nSPS) is 16.0. The van der Waals surface area contributed by atoms with Gasteiger partial charge in [-0.15, -0.1) is 0 Å². The Kier molecular flexibility index (Phi) is 4.26. The van der Waals surface area contributed by atoms with E-state index < -0.39 is 0 Å². The largest absolute Gasteiger partial charge is 0.484 e. The van der Waals surface area contributed by atoms with Crippen molar-refractivity contribution in [2.45, 2.75) is 44.8 Å². The smallest absolute Gasteiger partial charge is 0.229 e. The van der Waals surface area contributed by atoms with Crippen LogP contribution < -0.4 is 10.5 Å². The van der Waals surface area contributed by atoms with E-state index >= 15 is 0 Å². The summed E-state index contributed by atoms with van der Waals surface area (Å²) in [4.78, 5) is 4.34. The zero-order valence-corrected chi connectivity index (χ0v) is 13.5. The average molecular weight is 352 g/mol. The number of benzene rings is 1. The minimum atomic E-state index is 0.142. The molecule has 0 bridgehead atoms. The summed E-state index contributed by atoms with van der Waals surface area (Å²) in [5, 5.41) is 3.94. The van der Waals surface area contributed by atoms with Crippen molar-refractivity contribution in [3.8, 4) is 5.75 Å². The van der Waals surface area contributed by atoms with Gasteiger partial charge < -0.3 is 15.0 Å². The molecule has 1 aromatic heterocycles. The van der Waals surface area contributed by atoms with Crippen LogP contribution >= 0.6 is 15.9 Å². The van der Waals surface area contributed by atoms with Crippen LogP contribution in [0.1, 0.15) is 43.0 Å². The lowest BCUT2D eigenvalue weighted by Gasteiger charge is -2.09. The van der Waals surface area contributed by atoms with Crippen molar-refractivity contribution in [3.05, 3.63) is 40.0 Å². The van der Waals surface area contributed by atoms with Crippen LogP contribution in [0.4, 0.5) is 0 Å². The lowest BCUT2D eigenvalue weighted by molar-refractivity contribution is 0.283. The van der Waals surface area contributed by atoms with Crippen LogP contribution in [0, 0.1) is 0 Å². The van der Waals surface area contributed by atoms with Crippen LogP contribution in [-0.4, -0.2) is 16.2 Å². The second-order valence-corrected chi connectivity index (χ2v) is 6.41. The average Bonchev–Trinajstić information content (AvgIpc) is 3.17. The fourth-order valence-electron chi connectivity index (χ4n) is 2.12. The summed E-state index contributed by atoms with van der Waals surface area (Å²) in [7, 11) is 0. The molecule has 2 N–H and O–H groups in total. The summed E-state index contributed by atoms with van der Waals surface area (Å²) >= 11 is 3.52. The van der Waals surface area contributed by atoms with E-state index in [-0.39, 0.29) is 6.04 Å². The molecule has 1 saturated carbocycles. The fourth-order valence-corrected chi connectivity index (χ4v) is 2.67. The first kappa shape index (κ1) is 14.5. The molecule has 1 aliphatic carbocycles. The predicted octanol–water partition coefficient (Wildman–Crippen LogP) is 3.18. The van der Waals surface area contributed by atoms with Gasteiger partial charge in [-0.2, -0.15) is 4.98 Å². The van der Waals surface area contributed by atoms with E-state index in [9.17, 15) is 0 Å². The fraction of sp³-hybridized carbons (Fsp3) is 0.467. The standard InChI is InChI=1S/C15H18BrN3O2/c1-9(17)6-10-2-5-13(12(16)7-10)20-8-14-18-15(21-19-14)11-3-4-11/h2,5,7,9,11H,3-4,6,8,17H2,1H3. The Morgan fingerprint density at radius 2 is 2.29 bits per heavy atom. The zero-order chi connectivity index (χ0) is 14.8.